The Morgan fingerprint density at radius 2 is 1.61 bits per heavy atom. The predicted octanol–water partition coefficient (Wildman–Crippen LogP) is 4.27. The van der Waals surface area contributed by atoms with Gasteiger partial charge in [-0.05, 0) is 46.6 Å². The summed E-state index contributed by atoms with van der Waals surface area (Å²) in [5, 5.41) is 0. The molecule has 1 aliphatic rings. The van der Waals surface area contributed by atoms with E-state index in [1.54, 1.807) is 0 Å². The average molecular weight is 243 g/mol. The third kappa shape index (κ3) is 2.33. The molecule has 1 heteroatoms. The van der Waals surface area contributed by atoms with Gasteiger partial charge >= 0.3 is 0 Å². The Bertz CT molecular complexity index is 413. The molecule has 0 amide bonds. The lowest BCUT2D eigenvalue weighted by atomic mass is 9.78. The Morgan fingerprint density at radius 3 is 2.06 bits per heavy atom. The molecule has 1 aromatic carbocycles. The first-order valence-corrected chi connectivity index (χ1v) is 6.79. The first-order valence-electron chi connectivity index (χ1n) is 6.79. The average Bonchev–Trinajstić information content (AvgIpc) is 2.51. The smallest absolute Gasteiger partial charge is 0.0738 e. The molecule has 0 aliphatic carbocycles. The van der Waals surface area contributed by atoms with Gasteiger partial charge in [0.25, 0.3) is 0 Å². The van der Waals surface area contributed by atoms with E-state index in [0.29, 0.717) is 0 Å². The maximum absolute atomic E-state index is 3.75. The number of hydrogen-bond acceptors (Lipinski definition) is 1. The third-order valence-electron chi connectivity index (χ3n) is 3.83. The van der Waals surface area contributed by atoms with Crippen LogP contribution in [0.5, 0.6) is 0 Å². The molecule has 1 atom stereocenters. The fourth-order valence-electron chi connectivity index (χ4n) is 3.43. The highest BCUT2D eigenvalue weighted by molar-refractivity contribution is 5.32. The van der Waals surface area contributed by atoms with E-state index in [0.717, 1.165) is 6.42 Å². The summed E-state index contributed by atoms with van der Waals surface area (Å²) in [5.41, 5.74) is 1.67. The Morgan fingerprint density at radius 1 is 1.06 bits per heavy atom. The van der Waals surface area contributed by atoms with Crippen LogP contribution in [0.1, 0.15) is 53.5 Å². The molecule has 2 radical (unpaired) electrons. The van der Waals surface area contributed by atoms with Crippen LogP contribution in [0.15, 0.2) is 30.3 Å². The number of benzene rings is 1. The highest BCUT2D eigenvalue weighted by Crippen LogP contribution is 2.49. The van der Waals surface area contributed by atoms with Crippen molar-refractivity contribution in [2.24, 2.45) is 0 Å². The number of hydrogen-bond donors (Lipinski definition) is 0. The van der Waals surface area contributed by atoms with E-state index in [9.17, 15) is 0 Å². The van der Waals surface area contributed by atoms with Crippen LogP contribution in [-0.4, -0.2) is 16.0 Å². The molecule has 0 aromatic heterocycles. The van der Waals surface area contributed by atoms with Gasteiger partial charge < -0.3 is 0 Å². The lowest BCUT2D eigenvalue weighted by Gasteiger charge is -2.41. The molecule has 1 aliphatic heterocycles. The first kappa shape index (κ1) is 13.6. The van der Waals surface area contributed by atoms with Gasteiger partial charge in [0.2, 0.25) is 0 Å². The van der Waals surface area contributed by atoms with E-state index >= 15 is 0 Å². The number of rotatable bonds is 1. The summed E-state index contributed by atoms with van der Waals surface area (Å²) in [6.07, 6.45) is 1.11. The van der Waals surface area contributed by atoms with Gasteiger partial charge in [-0.1, -0.05) is 37.3 Å². The van der Waals surface area contributed by atoms with Crippen LogP contribution in [0, 0.1) is 6.54 Å². The predicted molar refractivity (Wildman–Crippen MR) is 77.3 cm³/mol. The van der Waals surface area contributed by atoms with Gasteiger partial charge in [0.1, 0.15) is 0 Å². The normalized spacial score (nSPS) is 28.6. The third-order valence-corrected chi connectivity index (χ3v) is 3.83. The molecule has 1 nitrogen and oxygen atoms in total. The van der Waals surface area contributed by atoms with Crippen molar-refractivity contribution < 1.29 is 0 Å². The standard InChI is InChI=1S/C17H25N/c1-15(2,3)18-13-17(6,12-16(18,4)5)14-10-8-7-9-11-14/h7-11H,12H2,1-6H3. The summed E-state index contributed by atoms with van der Waals surface area (Å²) >= 11 is 0. The largest absolute Gasteiger partial charge is 0.283 e. The van der Waals surface area contributed by atoms with Crippen molar-refractivity contribution in [2.45, 2.75) is 64.5 Å². The molecule has 18 heavy (non-hydrogen) atoms. The monoisotopic (exact) mass is 243 g/mol. The summed E-state index contributed by atoms with van der Waals surface area (Å²) in [7, 11) is 0. The second-order valence-electron chi connectivity index (χ2n) is 7.31. The summed E-state index contributed by atoms with van der Waals surface area (Å²) in [4.78, 5) is 2.41. The van der Waals surface area contributed by atoms with Crippen molar-refractivity contribution in [3.63, 3.8) is 0 Å². The summed E-state index contributed by atoms with van der Waals surface area (Å²) in [6, 6.07) is 10.8. The zero-order chi connectivity index (χ0) is 13.6. The van der Waals surface area contributed by atoms with Gasteiger partial charge in [-0.15, -0.1) is 0 Å². The number of nitrogens with zero attached hydrogens (tertiary/aromatic N) is 1. The van der Waals surface area contributed by atoms with Crippen molar-refractivity contribution in [2.75, 3.05) is 0 Å². The van der Waals surface area contributed by atoms with Crippen molar-refractivity contribution in [3.8, 4) is 0 Å². The topological polar surface area (TPSA) is 3.24 Å². The van der Waals surface area contributed by atoms with Crippen LogP contribution in [0.3, 0.4) is 0 Å². The van der Waals surface area contributed by atoms with Crippen LogP contribution >= 0.6 is 0 Å². The van der Waals surface area contributed by atoms with E-state index in [4.69, 9.17) is 0 Å². The minimum Gasteiger partial charge on any atom is -0.283 e. The number of likely N-dealkylation sites (tertiary alicyclic amines) is 1. The SMILES string of the molecule is CC1(c2ccccc2)[C]N(C(C)(C)C)C(C)(C)C1. The fourth-order valence-corrected chi connectivity index (χ4v) is 3.43. The van der Waals surface area contributed by atoms with Crippen molar-refractivity contribution >= 4 is 0 Å². The summed E-state index contributed by atoms with van der Waals surface area (Å²) in [6.45, 7) is 17.5. The van der Waals surface area contributed by atoms with Crippen LogP contribution < -0.4 is 0 Å². The Labute approximate surface area is 112 Å². The Hall–Kier alpha value is -0.820. The quantitative estimate of drug-likeness (QED) is 0.712. The summed E-state index contributed by atoms with van der Waals surface area (Å²) < 4.78 is 0. The van der Waals surface area contributed by atoms with E-state index < -0.39 is 0 Å². The van der Waals surface area contributed by atoms with Crippen LogP contribution in [0.4, 0.5) is 0 Å². The first-order chi connectivity index (χ1) is 8.15. The van der Waals surface area contributed by atoms with E-state index in [-0.39, 0.29) is 16.5 Å². The maximum atomic E-state index is 3.75. The zero-order valence-corrected chi connectivity index (χ0v) is 12.5. The second kappa shape index (κ2) is 4.09. The molecule has 0 bridgehead atoms. The van der Waals surface area contributed by atoms with Crippen LogP contribution in [0.2, 0.25) is 0 Å². The van der Waals surface area contributed by atoms with Crippen LogP contribution in [-0.2, 0) is 5.41 Å². The molecule has 0 N–H and O–H groups in total. The summed E-state index contributed by atoms with van der Waals surface area (Å²) in [5.74, 6) is 0. The molecule has 98 valence electrons. The molecule has 1 aromatic rings. The molecular formula is C17H25N. The Balaban J connectivity index is 2.35. The fraction of sp³-hybridized carbons (Fsp3) is 0.588. The second-order valence-corrected chi connectivity index (χ2v) is 7.31. The van der Waals surface area contributed by atoms with Crippen LogP contribution in [0.25, 0.3) is 0 Å². The molecule has 1 fully saturated rings. The van der Waals surface area contributed by atoms with Crippen molar-refractivity contribution in [1.82, 2.24) is 4.90 Å². The maximum Gasteiger partial charge on any atom is 0.0738 e. The highest BCUT2D eigenvalue weighted by atomic mass is 15.3. The molecule has 1 saturated heterocycles. The van der Waals surface area contributed by atoms with Crippen molar-refractivity contribution in [1.29, 1.82) is 0 Å². The molecule has 1 unspecified atom stereocenters. The van der Waals surface area contributed by atoms with Crippen molar-refractivity contribution in [3.05, 3.63) is 42.4 Å². The highest BCUT2D eigenvalue weighted by Gasteiger charge is 2.50. The molecular weight excluding hydrogens is 218 g/mol. The van der Waals surface area contributed by atoms with Gasteiger partial charge in [0.15, 0.2) is 0 Å². The van der Waals surface area contributed by atoms with Gasteiger partial charge in [-0.3, -0.25) is 4.90 Å². The van der Waals surface area contributed by atoms with Gasteiger partial charge in [0.05, 0.1) is 6.54 Å². The van der Waals surface area contributed by atoms with Gasteiger partial charge in [-0.25, -0.2) is 0 Å². The lowest BCUT2D eigenvalue weighted by Crippen LogP contribution is -2.48. The minimum absolute atomic E-state index is 0.0258. The van der Waals surface area contributed by atoms with E-state index in [2.05, 4.69) is 83.3 Å². The minimum atomic E-state index is 0.0258. The molecule has 0 spiro atoms. The van der Waals surface area contributed by atoms with E-state index in [1.165, 1.54) is 5.56 Å². The molecule has 1 heterocycles. The van der Waals surface area contributed by atoms with E-state index in [1.807, 2.05) is 0 Å². The van der Waals surface area contributed by atoms with Gasteiger partial charge in [0, 0.05) is 16.5 Å². The molecule has 2 rings (SSSR count). The van der Waals surface area contributed by atoms with Gasteiger partial charge in [-0.2, -0.15) is 0 Å². The lowest BCUT2D eigenvalue weighted by molar-refractivity contribution is 0.0919. The molecule has 0 saturated carbocycles. The Kier molecular flexibility index (Phi) is 3.09. The zero-order valence-electron chi connectivity index (χ0n) is 12.5.